The van der Waals surface area contributed by atoms with Crippen LogP contribution in [-0.2, 0) is 10.3 Å². The lowest BCUT2D eigenvalue weighted by atomic mass is 9.78. The zero-order chi connectivity index (χ0) is 25.3. The van der Waals surface area contributed by atoms with Crippen molar-refractivity contribution in [2.75, 3.05) is 33.2 Å². The van der Waals surface area contributed by atoms with Gasteiger partial charge in [-0.05, 0) is 94.4 Å². The van der Waals surface area contributed by atoms with Gasteiger partial charge in [-0.1, -0.05) is 41.9 Å². The fraction of sp³-hybridized carbons (Fsp3) is 0.448. The van der Waals surface area contributed by atoms with Gasteiger partial charge in [0.05, 0.1) is 0 Å². The molecule has 2 N–H and O–H groups in total. The van der Waals surface area contributed by atoms with Crippen molar-refractivity contribution in [1.82, 2.24) is 20.1 Å². The van der Waals surface area contributed by atoms with Gasteiger partial charge in [0.15, 0.2) is 0 Å². The molecule has 2 aliphatic heterocycles. The molecule has 0 radical (unpaired) electrons. The minimum absolute atomic E-state index is 0.0527. The number of aromatic nitrogens is 1. The molecule has 2 aliphatic rings. The van der Waals surface area contributed by atoms with Crippen molar-refractivity contribution in [1.29, 1.82) is 0 Å². The quantitative estimate of drug-likeness (QED) is 0.509. The number of amides is 2. The molecule has 7 heteroatoms. The standard InChI is InChI=1S/C29H35ClN4O2/c1-29(23-6-4-3-5-7-23,32-27(35)26-19-22-18-24(30)8-9-25(22)31-26)28(36)34-16-12-21(13-17-34)20-10-14-33(2)15-11-20/h3-9,18-21,31H,10-17H2,1-2H3,(H,32,35)/t29-/m0/s1. The summed E-state index contributed by atoms with van der Waals surface area (Å²) in [5.41, 5.74) is 0.838. The number of halogens is 1. The second-order valence-corrected chi connectivity index (χ2v) is 11.1. The van der Waals surface area contributed by atoms with Gasteiger partial charge in [0, 0.05) is 29.0 Å². The number of likely N-dealkylation sites (tertiary alicyclic amines) is 2. The first kappa shape index (κ1) is 24.8. The third-order valence-electron chi connectivity index (χ3n) is 8.23. The van der Waals surface area contributed by atoms with E-state index in [1.807, 2.05) is 54.3 Å². The summed E-state index contributed by atoms with van der Waals surface area (Å²) in [6, 6.07) is 16.8. The van der Waals surface area contributed by atoms with Gasteiger partial charge in [0.25, 0.3) is 11.8 Å². The van der Waals surface area contributed by atoms with E-state index in [0.717, 1.165) is 48.3 Å². The fourth-order valence-electron chi connectivity index (χ4n) is 5.93. The number of aromatic amines is 1. The Labute approximate surface area is 218 Å². The summed E-state index contributed by atoms with van der Waals surface area (Å²) in [5.74, 6) is 1.07. The number of carbonyl (C=O) groups excluding carboxylic acids is 2. The maximum atomic E-state index is 14.0. The molecule has 3 heterocycles. The highest BCUT2D eigenvalue weighted by Crippen LogP contribution is 2.34. The molecule has 2 saturated heterocycles. The average molecular weight is 507 g/mol. The van der Waals surface area contributed by atoms with Crippen molar-refractivity contribution in [3.05, 3.63) is 70.9 Å². The molecule has 0 saturated carbocycles. The Bertz CT molecular complexity index is 1230. The number of hydrogen-bond donors (Lipinski definition) is 2. The molecule has 6 nitrogen and oxygen atoms in total. The van der Waals surface area contributed by atoms with Gasteiger partial charge in [-0.3, -0.25) is 9.59 Å². The molecule has 1 atom stereocenters. The summed E-state index contributed by atoms with van der Waals surface area (Å²) in [4.78, 5) is 34.9. The number of rotatable bonds is 5. The summed E-state index contributed by atoms with van der Waals surface area (Å²) in [7, 11) is 2.20. The van der Waals surface area contributed by atoms with Gasteiger partial charge in [0.1, 0.15) is 11.2 Å². The number of H-pyrrole nitrogens is 1. The Kier molecular flexibility index (Phi) is 7.09. The Hall–Kier alpha value is -2.83. The molecular formula is C29H35ClN4O2. The third kappa shape index (κ3) is 5.02. The molecule has 0 unspecified atom stereocenters. The zero-order valence-corrected chi connectivity index (χ0v) is 21.9. The molecule has 2 aromatic carbocycles. The first-order valence-corrected chi connectivity index (χ1v) is 13.4. The molecule has 0 aliphatic carbocycles. The number of nitrogens with one attached hydrogen (secondary N) is 2. The van der Waals surface area contributed by atoms with E-state index in [0.29, 0.717) is 16.6 Å². The highest BCUT2D eigenvalue weighted by molar-refractivity contribution is 6.31. The van der Waals surface area contributed by atoms with Gasteiger partial charge in [-0.2, -0.15) is 0 Å². The van der Waals surface area contributed by atoms with Crippen LogP contribution >= 0.6 is 11.6 Å². The minimum Gasteiger partial charge on any atom is -0.351 e. The predicted octanol–water partition coefficient (Wildman–Crippen LogP) is 5.05. The van der Waals surface area contributed by atoms with E-state index in [1.165, 1.54) is 25.9 Å². The second-order valence-electron chi connectivity index (χ2n) is 10.6. The summed E-state index contributed by atoms with van der Waals surface area (Å²) in [5, 5.41) is 4.55. The first-order chi connectivity index (χ1) is 17.3. The van der Waals surface area contributed by atoms with Gasteiger partial charge in [0.2, 0.25) is 0 Å². The summed E-state index contributed by atoms with van der Waals surface area (Å²) in [6.07, 6.45) is 4.56. The fourth-order valence-corrected chi connectivity index (χ4v) is 6.11. The lowest BCUT2D eigenvalue weighted by Gasteiger charge is -2.42. The highest BCUT2D eigenvalue weighted by Gasteiger charge is 2.42. The maximum Gasteiger partial charge on any atom is 0.268 e. The summed E-state index contributed by atoms with van der Waals surface area (Å²) < 4.78 is 0. The normalized spacial score (nSPS) is 19.8. The molecule has 5 rings (SSSR count). The lowest BCUT2D eigenvalue weighted by molar-refractivity contribution is -0.139. The van der Waals surface area contributed by atoms with Crippen LogP contribution < -0.4 is 5.32 Å². The Balaban J connectivity index is 1.33. The van der Waals surface area contributed by atoms with Gasteiger partial charge in [-0.15, -0.1) is 0 Å². The van der Waals surface area contributed by atoms with E-state index in [2.05, 4.69) is 22.2 Å². The summed E-state index contributed by atoms with van der Waals surface area (Å²) >= 11 is 6.12. The third-order valence-corrected chi connectivity index (χ3v) is 8.46. The van der Waals surface area contributed by atoms with Crippen LogP contribution in [0.3, 0.4) is 0 Å². The first-order valence-electron chi connectivity index (χ1n) is 13.0. The Morgan fingerprint density at radius 3 is 2.25 bits per heavy atom. The van der Waals surface area contributed by atoms with Crippen molar-refractivity contribution >= 4 is 34.3 Å². The van der Waals surface area contributed by atoms with Crippen LogP contribution in [0.25, 0.3) is 10.9 Å². The molecule has 2 fully saturated rings. The minimum atomic E-state index is -1.17. The Morgan fingerprint density at radius 1 is 0.944 bits per heavy atom. The topological polar surface area (TPSA) is 68.4 Å². The number of carbonyl (C=O) groups is 2. The molecule has 1 aromatic heterocycles. The van der Waals surface area contributed by atoms with E-state index >= 15 is 0 Å². The average Bonchev–Trinajstić information content (AvgIpc) is 3.33. The van der Waals surface area contributed by atoms with Crippen molar-refractivity contribution < 1.29 is 9.59 Å². The summed E-state index contributed by atoms with van der Waals surface area (Å²) in [6.45, 7) is 5.63. The number of fused-ring (bicyclic) bond motifs is 1. The van der Waals surface area contributed by atoms with Crippen LogP contribution in [0.15, 0.2) is 54.6 Å². The molecule has 190 valence electrons. The number of benzene rings is 2. The lowest BCUT2D eigenvalue weighted by Crippen LogP contribution is -2.57. The van der Waals surface area contributed by atoms with Crippen LogP contribution in [0.5, 0.6) is 0 Å². The largest absolute Gasteiger partial charge is 0.351 e. The van der Waals surface area contributed by atoms with Gasteiger partial charge < -0.3 is 20.1 Å². The van der Waals surface area contributed by atoms with Gasteiger partial charge in [-0.25, -0.2) is 0 Å². The van der Waals surface area contributed by atoms with E-state index in [1.54, 1.807) is 12.1 Å². The Morgan fingerprint density at radius 2 is 1.58 bits per heavy atom. The van der Waals surface area contributed by atoms with Crippen molar-refractivity contribution in [3.8, 4) is 0 Å². The van der Waals surface area contributed by atoms with E-state index in [9.17, 15) is 9.59 Å². The number of piperidine rings is 2. The van der Waals surface area contributed by atoms with Crippen molar-refractivity contribution in [3.63, 3.8) is 0 Å². The number of hydrogen-bond acceptors (Lipinski definition) is 3. The SMILES string of the molecule is CN1CCC(C2CCN(C(=O)[C@@](C)(NC(=O)c3cc4cc(Cl)ccc4[nH]3)c3ccccc3)CC2)CC1. The molecular weight excluding hydrogens is 472 g/mol. The maximum absolute atomic E-state index is 14.0. The second kappa shape index (κ2) is 10.3. The molecule has 2 amide bonds. The number of nitrogens with zero attached hydrogens (tertiary/aromatic N) is 2. The molecule has 0 spiro atoms. The smallest absolute Gasteiger partial charge is 0.268 e. The predicted molar refractivity (Wildman–Crippen MR) is 144 cm³/mol. The van der Waals surface area contributed by atoms with Crippen LogP contribution in [0.4, 0.5) is 0 Å². The molecule has 0 bridgehead atoms. The van der Waals surface area contributed by atoms with Crippen molar-refractivity contribution in [2.24, 2.45) is 11.8 Å². The zero-order valence-electron chi connectivity index (χ0n) is 21.1. The van der Waals surface area contributed by atoms with E-state index < -0.39 is 5.54 Å². The van der Waals surface area contributed by atoms with Gasteiger partial charge >= 0.3 is 0 Å². The van der Waals surface area contributed by atoms with E-state index in [4.69, 9.17) is 11.6 Å². The van der Waals surface area contributed by atoms with Crippen LogP contribution in [0, 0.1) is 11.8 Å². The van der Waals surface area contributed by atoms with Crippen LogP contribution in [0.2, 0.25) is 5.02 Å². The van der Waals surface area contributed by atoms with Crippen LogP contribution in [0.1, 0.15) is 48.7 Å². The van der Waals surface area contributed by atoms with Crippen LogP contribution in [-0.4, -0.2) is 59.8 Å². The highest BCUT2D eigenvalue weighted by atomic mass is 35.5. The van der Waals surface area contributed by atoms with Crippen molar-refractivity contribution in [2.45, 2.75) is 38.1 Å². The molecule has 3 aromatic rings. The molecule has 36 heavy (non-hydrogen) atoms. The van der Waals surface area contributed by atoms with E-state index in [-0.39, 0.29) is 11.8 Å². The monoisotopic (exact) mass is 506 g/mol.